The van der Waals surface area contributed by atoms with Crippen molar-refractivity contribution in [2.75, 3.05) is 17.2 Å². The number of carbonyl (C=O) groups is 2. The lowest BCUT2D eigenvalue weighted by Gasteiger charge is -2.19. The van der Waals surface area contributed by atoms with Gasteiger partial charge in [-0.1, -0.05) is 6.92 Å². The molecular formula is C13H17N3O3. The second-order valence-electron chi connectivity index (χ2n) is 4.46. The minimum Gasteiger partial charge on any atom is -0.482 e. The van der Waals surface area contributed by atoms with E-state index in [4.69, 9.17) is 4.74 Å². The first-order chi connectivity index (χ1) is 9.08. The predicted octanol–water partition coefficient (Wildman–Crippen LogP) is 1.94. The highest BCUT2D eigenvalue weighted by atomic mass is 16.5. The molecule has 2 rings (SSSR count). The molecule has 1 unspecified atom stereocenters. The van der Waals surface area contributed by atoms with Gasteiger partial charge in [0.2, 0.25) is 0 Å². The van der Waals surface area contributed by atoms with Crippen LogP contribution in [-0.4, -0.2) is 24.6 Å². The molecule has 0 radical (unpaired) electrons. The normalized spacial score (nSPS) is 14.7. The topological polar surface area (TPSA) is 79.5 Å². The van der Waals surface area contributed by atoms with E-state index in [1.54, 1.807) is 18.2 Å². The van der Waals surface area contributed by atoms with Gasteiger partial charge in [-0.3, -0.25) is 4.79 Å². The van der Waals surface area contributed by atoms with E-state index in [0.29, 0.717) is 17.1 Å². The molecule has 6 heteroatoms. The Hall–Kier alpha value is -2.24. The van der Waals surface area contributed by atoms with Crippen molar-refractivity contribution in [2.24, 2.45) is 0 Å². The van der Waals surface area contributed by atoms with E-state index < -0.39 is 0 Å². The third-order valence-corrected chi connectivity index (χ3v) is 2.86. The number of nitrogens with one attached hydrogen (secondary N) is 3. The molecule has 0 bridgehead atoms. The lowest BCUT2D eigenvalue weighted by atomic mass is 10.2. The van der Waals surface area contributed by atoms with Crippen LogP contribution in [0.2, 0.25) is 0 Å². The Bertz CT molecular complexity index is 502. The van der Waals surface area contributed by atoms with E-state index in [2.05, 4.69) is 16.0 Å². The Balaban J connectivity index is 2.02. The second-order valence-corrected chi connectivity index (χ2v) is 4.46. The van der Waals surface area contributed by atoms with Gasteiger partial charge in [-0.15, -0.1) is 0 Å². The highest BCUT2D eigenvalue weighted by Gasteiger charge is 2.16. The van der Waals surface area contributed by atoms with E-state index in [-0.39, 0.29) is 24.6 Å². The number of hydrogen-bond acceptors (Lipinski definition) is 3. The van der Waals surface area contributed by atoms with Gasteiger partial charge < -0.3 is 20.7 Å². The lowest BCUT2D eigenvalue weighted by molar-refractivity contribution is -0.118. The number of amides is 3. The standard InChI is InChI=1S/C13H17N3O3/c1-3-8(2)14-13(18)15-9-4-5-10-11(6-9)19-7-12(17)16-10/h4-6,8H,3,7H2,1-2H3,(H,16,17)(H2,14,15,18). The van der Waals surface area contributed by atoms with Crippen molar-refractivity contribution >= 4 is 23.3 Å². The maximum absolute atomic E-state index is 11.7. The van der Waals surface area contributed by atoms with E-state index >= 15 is 0 Å². The molecule has 0 aliphatic carbocycles. The van der Waals surface area contributed by atoms with Gasteiger partial charge in [-0.25, -0.2) is 4.79 Å². The first-order valence-corrected chi connectivity index (χ1v) is 6.22. The number of ether oxygens (including phenoxy) is 1. The molecule has 0 saturated heterocycles. The van der Waals surface area contributed by atoms with Crippen molar-refractivity contribution < 1.29 is 14.3 Å². The summed E-state index contributed by atoms with van der Waals surface area (Å²) in [7, 11) is 0. The summed E-state index contributed by atoms with van der Waals surface area (Å²) in [5.41, 5.74) is 1.24. The smallest absolute Gasteiger partial charge is 0.319 e. The zero-order chi connectivity index (χ0) is 13.8. The molecule has 0 aromatic heterocycles. The van der Waals surface area contributed by atoms with E-state index in [1.165, 1.54) is 0 Å². The van der Waals surface area contributed by atoms with E-state index in [0.717, 1.165) is 6.42 Å². The first-order valence-electron chi connectivity index (χ1n) is 6.22. The van der Waals surface area contributed by atoms with Crippen molar-refractivity contribution in [3.8, 4) is 5.75 Å². The summed E-state index contributed by atoms with van der Waals surface area (Å²) in [5, 5.41) is 8.22. The molecule has 0 spiro atoms. The van der Waals surface area contributed by atoms with Gasteiger partial charge in [0.25, 0.3) is 5.91 Å². The van der Waals surface area contributed by atoms with Crippen molar-refractivity contribution in [2.45, 2.75) is 26.3 Å². The Labute approximate surface area is 111 Å². The van der Waals surface area contributed by atoms with Gasteiger partial charge in [0.15, 0.2) is 6.61 Å². The lowest BCUT2D eigenvalue weighted by Crippen LogP contribution is -2.35. The summed E-state index contributed by atoms with van der Waals surface area (Å²) >= 11 is 0. The summed E-state index contributed by atoms with van der Waals surface area (Å²) in [4.78, 5) is 22.8. The maximum Gasteiger partial charge on any atom is 0.319 e. The van der Waals surface area contributed by atoms with Gasteiger partial charge in [-0.05, 0) is 25.5 Å². The highest BCUT2D eigenvalue weighted by Crippen LogP contribution is 2.30. The molecule has 1 atom stereocenters. The zero-order valence-corrected chi connectivity index (χ0v) is 10.9. The third kappa shape index (κ3) is 3.37. The first kappa shape index (κ1) is 13.2. The van der Waals surface area contributed by atoms with Gasteiger partial charge >= 0.3 is 6.03 Å². The molecule has 1 aromatic carbocycles. The van der Waals surface area contributed by atoms with Gasteiger partial charge in [0.05, 0.1) is 5.69 Å². The molecule has 1 aliphatic heterocycles. The molecule has 1 heterocycles. The van der Waals surface area contributed by atoms with Crippen LogP contribution in [0, 0.1) is 0 Å². The fourth-order valence-electron chi connectivity index (χ4n) is 1.65. The van der Waals surface area contributed by atoms with Crippen molar-refractivity contribution in [1.82, 2.24) is 5.32 Å². The average Bonchev–Trinajstić information content (AvgIpc) is 2.38. The predicted molar refractivity (Wildman–Crippen MR) is 72.5 cm³/mol. The number of fused-ring (bicyclic) bond motifs is 1. The summed E-state index contributed by atoms with van der Waals surface area (Å²) in [6.07, 6.45) is 0.868. The zero-order valence-electron chi connectivity index (χ0n) is 10.9. The van der Waals surface area contributed by atoms with Gasteiger partial charge in [-0.2, -0.15) is 0 Å². The Morgan fingerprint density at radius 2 is 2.32 bits per heavy atom. The van der Waals surface area contributed by atoms with Crippen LogP contribution in [-0.2, 0) is 4.79 Å². The fraction of sp³-hybridized carbons (Fsp3) is 0.385. The summed E-state index contributed by atoms with van der Waals surface area (Å²) in [5.74, 6) is 0.378. The molecule has 0 fully saturated rings. The van der Waals surface area contributed by atoms with Crippen LogP contribution in [0.15, 0.2) is 18.2 Å². The number of benzene rings is 1. The van der Waals surface area contributed by atoms with Crippen LogP contribution >= 0.6 is 0 Å². The van der Waals surface area contributed by atoms with Crippen LogP contribution in [0.25, 0.3) is 0 Å². The largest absolute Gasteiger partial charge is 0.482 e. The minimum atomic E-state index is -0.255. The molecule has 6 nitrogen and oxygen atoms in total. The van der Waals surface area contributed by atoms with Crippen LogP contribution in [0.5, 0.6) is 5.75 Å². The number of rotatable bonds is 3. The quantitative estimate of drug-likeness (QED) is 0.779. The number of anilines is 2. The summed E-state index contributed by atoms with van der Waals surface area (Å²) in [6.45, 7) is 3.93. The highest BCUT2D eigenvalue weighted by molar-refractivity contribution is 5.96. The van der Waals surface area contributed by atoms with E-state index in [9.17, 15) is 9.59 Å². The summed E-state index contributed by atoms with van der Waals surface area (Å²) in [6, 6.07) is 4.96. The number of hydrogen-bond donors (Lipinski definition) is 3. The minimum absolute atomic E-state index is 0.00445. The monoisotopic (exact) mass is 263 g/mol. The molecule has 1 aliphatic rings. The van der Waals surface area contributed by atoms with Crippen LogP contribution in [0.4, 0.5) is 16.2 Å². The molecule has 3 N–H and O–H groups in total. The van der Waals surface area contributed by atoms with E-state index in [1.807, 2.05) is 13.8 Å². The van der Waals surface area contributed by atoms with Crippen molar-refractivity contribution in [3.63, 3.8) is 0 Å². The number of urea groups is 1. The Morgan fingerprint density at radius 3 is 3.05 bits per heavy atom. The van der Waals surface area contributed by atoms with Crippen LogP contribution in [0.1, 0.15) is 20.3 Å². The fourth-order valence-corrected chi connectivity index (χ4v) is 1.65. The molecule has 1 aromatic rings. The van der Waals surface area contributed by atoms with Crippen LogP contribution in [0.3, 0.4) is 0 Å². The molecular weight excluding hydrogens is 246 g/mol. The maximum atomic E-state index is 11.7. The second kappa shape index (κ2) is 5.60. The van der Waals surface area contributed by atoms with Gasteiger partial charge in [0, 0.05) is 17.8 Å². The number of carbonyl (C=O) groups excluding carboxylic acids is 2. The third-order valence-electron chi connectivity index (χ3n) is 2.86. The van der Waals surface area contributed by atoms with Crippen molar-refractivity contribution in [1.29, 1.82) is 0 Å². The SMILES string of the molecule is CCC(C)NC(=O)Nc1ccc2c(c1)OCC(=O)N2. The molecule has 0 saturated carbocycles. The van der Waals surface area contributed by atoms with Crippen LogP contribution < -0.4 is 20.7 Å². The molecule has 19 heavy (non-hydrogen) atoms. The Morgan fingerprint density at radius 1 is 1.53 bits per heavy atom. The van der Waals surface area contributed by atoms with Crippen molar-refractivity contribution in [3.05, 3.63) is 18.2 Å². The Kier molecular flexibility index (Phi) is 3.89. The average molecular weight is 263 g/mol. The van der Waals surface area contributed by atoms with Gasteiger partial charge in [0.1, 0.15) is 5.75 Å². The molecule has 102 valence electrons. The molecule has 3 amide bonds. The summed E-state index contributed by atoms with van der Waals surface area (Å²) < 4.78 is 5.28.